The molecule has 0 saturated carbocycles. The van der Waals surface area contributed by atoms with Gasteiger partial charge < -0.3 is 9.84 Å². The first-order chi connectivity index (χ1) is 11.0. The molecule has 23 heavy (non-hydrogen) atoms. The molecule has 0 fully saturated rings. The number of benzene rings is 2. The van der Waals surface area contributed by atoms with Crippen molar-refractivity contribution in [2.24, 2.45) is 5.10 Å². The third-order valence-corrected chi connectivity index (χ3v) is 3.16. The number of amides is 1. The number of methoxy groups -OCH3 is 1. The van der Waals surface area contributed by atoms with Crippen molar-refractivity contribution in [3.05, 3.63) is 64.7 Å². The van der Waals surface area contributed by atoms with E-state index in [9.17, 15) is 14.7 Å². The summed E-state index contributed by atoms with van der Waals surface area (Å²) in [4.78, 5) is 23.4. The Bertz CT molecular complexity index is 752. The van der Waals surface area contributed by atoms with Crippen LogP contribution >= 0.6 is 0 Å². The summed E-state index contributed by atoms with van der Waals surface area (Å²) in [6.07, 6.45) is 1.26. The summed E-state index contributed by atoms with van der Waals surface area (Å²) in [6, 6.07) is 11.6. The van der Waals surface area contributed by atoms with Crippen LogP contribution in [0.15, 0.2) is 47.6 Å². The molecule has 2 aromatic carbocycles. The molecule has 2 N–H and O–H groups in total. The highest BCUT2D eigenvalue weighted by molar-refractivity contribution is 5.98. The van der Waals surface area contributed by atoms with E-state index in [0.29, 0.717) is 5.56 Å². The Morgan fingerprint density at radius 2 is 1.87 bits per heavy atom. The largest absolute Gasteiger partial charge is 0.506 e. The first-order valence-electron chi connectivity index (χ1n) is 6.83. The minimum Gasteiger partial charge on any atom is -0.506 e. The van der Waals surface area contributed by atoms with Crippen molar-refractivity contribution in [3.63, 3.8) is 0 Å². The SMILES string of the molecule is COC(=O)c1cccc(/C=N/NC(=O)c2ccc(C)cc2)c1O. The summed E-state index contributed by atoms with van der Waals surface area (Å²) < 4.78 is 4.57. The van der Waals surface area contributed by atoms with Crippen molar-refractivity contribution < 1.29 is 19.4 Å². The molecule has 0 spiro atoms. The van der Waals surface area contributed by atoms with Gasteiger partial charge in [0.25, 0.3) is 5.91 Å². The van der Waals surface area contributed by atoms with Crippen molar-refractivity contribution in [1.29, 1.82) is 0 Å². The van der Waals surface area contributed by atoms with E-state index < -0.39 is 5.97 Å². The number of aromatic hydroxyl groups is 1. The molecule has 0 bridgehead atoms. The number of phenols is 1. The Labute approximate surface area is 133 Å². The highest BCUT2D eigenvalue weighted by atomic mass is 16.5. The molecular formula is C17H16N2O4. The zero-order chi connectivity index (χ0) is 16.8. The lowest BCUT2D eigenvalue weighted by atomic mass is 10.1. The summed E-state index contributed by atoms with van der Waals surface area (Å²) in [5.74, 6) is -1.28. The number of hydrogen-bond donors (Lipinski definition) is 2. The molecule has 2 aromatic rings. The standard InChI is InChI=1S/C17H16N2O4/c1-11-6-8-12(9-7-11)16(21)19-18-10-13-4-3-5-14(15(13)20)17(22)23-2/h3-10,20H,1-2H3,(H,19,21)/b18-10+. The van der Waals surface area contributed by atoms with Crippen molar-refractivity contribution in [1.82, 2.24) is 5.43 Å². The topological polar surface area (TPSA) is 88.0 Å². The molecule has 0 saturated heterocycles. The molecule has 0 atom stereocenters. The predicted molar refractivity (Wildman–Crippen MR) is 85.7 cm³/mol. The van der Waals surface area contributed by atoms with E-state index >= 15 is 0 Å². The van der Waals surface area contributed by atoms with E-state index in [1.807, 2.05) is 19.1 Å². The fourth-order valence-electron chi connectivity index (χ4n) is 1.87. The normalized spacial score (nSPS) is 10.5. The van der Waals surface area contributed by atoms with Crippen LogP contribution in [0, 0.1) is 6.92 Å². The third-order valence-electron chi connectivity index (χ3n) is 3.16. The van der Waals surface area contributed by atoms with Crippen LogP contribution in [0.3, 0.4) is 0 Å². The third kappa shape index (κ3) is 3.94. The van der Waals surface area contributed by atoms with E-state index in [1.54, 1.807) is 24.3 Å². The van der Waals surface area contributed by atoms with Gasteiger partial charge in [0.05, 0.1) is 13.3 Å². The Morgan fingerprint density at radius 1 is 1.17 bits per heavy atom. The average molecular weight is 312 g/mol. The number of rotatable bonds is 4. The van der Waals surface area contributed by atoms with Gasteiger partial charge in [0, 0.05) is 11.1 Å². The maximum atomic E-state index is 11.9. The van der Waals surface area contributed by atoms with Crippen LogP contribution < -0.4 is 5.43 Å². The summed E-state index contributed by atoms with van der Waals surface area (Å²) >= 11 is 0. The van der Waals surface area contributed by atoms with E-state index in [-0.39, 0.29) is 22.8 Å². The van der Waals surface area contributed by atoms with Crippen molar-refractivity contribution in [2.45, 2.75) is 6.92 Å². The molecule has 0 aliphatic carbocycles. The van der Waals surface area contributed by atoms with Gasteiger partial charge in [-0.05, 0) is 31.2 Å². The van der Waals surface area contributed by atoms with Crippen LogP contribution in [0.5, 0.6) is 5.75 Å². The summed E-state index contributed by atoms with van der Waals surface area (Å²) in [5, 5.41) is 13.8. The van der Waals surface area contributed by atoms with Gasteiger partial charge in [-0.1, -0.05) is 23.8 Å². The van der Waals surface area contributed by atoms with Gasteiger partial charge in [0.2, 0.25) is 0 Å². The summed E-state index contributed by atoms with van der Waals surface area (Å²) in [6.45, 7) is 1.93. The molecule has 6 nitrogen and oxygen atoms in total. The Hall–Kier alpha value is -3.15. The lowest BCUT2D eigenvalue weighted by molar-refractivity contribution is 0.0597. The summed E-state index contributed by atoms with van der Waals surface area (Å²) in [5.41, 5.74) is 4.20. The molecule has 6 heteroatoms. The molecular weight excluding hydrogens is 296 g/mol. The molecule has 0 aliphatic heterocycles. The number of aryl methyl sites for hydroxylation is 1. The van der Waals surface area contributed by atoms with Crippen molar-refractivity contribution >= 4 is 18.1 Å². The quantitative estimate of drug-likeness (QED) is 0.515. The number of nitrogens with zero attached hydrogens (tertiary/aromatic N) is 1. The Balaban J connectivity index is 2.10. The number of hydrazone groups is 1. The minimum atomic E-state index is -0.651. The van der Waals surface area contributed by atoms with E-state index in [1.165, 1.54) is 19.4 Å². The van der Waals surface area contributed by atoms with Crippen molar-refractivity contribution in [2.75, 3.05) is 7.11 Å². The lowest BCUT2D eigenvalue weighted by Gasteiger charge is -2.05. The lowest BCUT2D eigenvalue weighted by Crippen LogP contribution is -2.17. The minimum absolute atomic E-state index is 0.0290. The van der Waals surface area contributed by atoms with Crippen LogP contribution in [-0.4, -0.2) is 30.3 Å². The molecule has 1 amide bonds. The van der Waals surface area contributed by atoms with Gasteiger partial charge in [-0.3, -0.25) is 4.79 Å². The van der Waals surface area contributed by atoms with Gasteiger partial charge in [-0.2, -0.15) is 5.10 Å². The molecule has 118 valence electrons. The average Bonchev–Trinajstić information content (AvgIpc) is 2.56. The molecule has 0 unspecified atom stereocenters. The number of phenolic OH excluding ortho intramolecular Hbond substituents is 1. The second kappa shape index (κ2) is 7.22. The van der Waals surface area contributed by atoms with Crippen LogP contribution in [0.4, 0.5) is 0 Å². The predicted octanol–water partition coefficient (Wildman–Crippen LogP) is 2.25. The molecule has 0 radical (unpaired) electrons. The fourth-order valence-corrected chi connectivity index (χ4v) is 1.87. The highest BCUT2D eigenvalue weighted by Gasteiger charge is 2.13. The van der Waals surface area contributed by atoms with Gasteiger partial charge in [-0.25, -0.2) is 10.2 Å². The molecule has 2 rings (SSSR count). The number of carbonyl (C=O) groups is 2. The van der Waals surface area contributed by atoms with Gasteiger partial charge in [-0.15, -0.1) is 0 Å². The maximum Gasteiger partial charge on any atom is 0.341 e. The van der Waals surface area contributed by atoms with Crippen LogP contribution in [0.25, 0.3) is 0 Å². The zero-order valence-electron chi connectivity index (χ0n) is 12.7. The number of ether oxygens (including phenoxy) is 1. The van der Waals surface area contributed by atoms with E-state index in [0.717, 1.165) is 5.56 Å². The van der Waals surface area contributed by atoms with Crippen LogP contribution in [-0.2, 0) is 4.74 Å². The van der Waals surface area contributed by atoms with E-state index in [2.05, 4.69) is 15.3 Å². The van der Waals surface area contributed by atoms with Gasteiger partial charge in [0.15, 0.2) is 0 Å². The van der Waals surface area contributed by atoms with E-state index in [4.69, 9.17) is 0 Å². The monoisotopic (exact) mass is 312 g/mol. The first-order valence-corrected chi connectivity index (χ1v) is 6.83. The maximum absolute atomic E-state index is 11.9. The van der Waals surface area contributed by atoms with Crippen molar-refractivity contribution in [3.8, 4) is 5.75 Å². The highest BCUT2D eigenvalue weighted by Crippen LogP contribution is 2.21. The summed E-state index contributed by atoms with van der Waals surface area (Å²) in [7, 11) is 1.23. The number of esters is 1. The Morgan fingerprint density at radius 3 is 2.52 bits per heavy atom. The zero-order valence-corrected chi connectivity index (χ0v) is 12.7. The fraction of sp³-hybridized carbons (Fsp3) is 0.118. The number of para-hydroxylation sites is 1. The first kappa shape index (κ1) is 16.2. The van der Waals surface area contributed by atoms with Gasteiger partial charge in [0.1, 0.15) is 11.3 Å². The second-order valence-electron chi connectivity index (χ2n) is 4.80. The number of nitrogens with one attached hydrogen (secondary N) is 1. The Kier molecular flexibility index (Phi) is 5.09. The number of hydrogen-bond acceptors (Lipinski definition) is 5. The van der Waals surface area contributed by atoms with Crippen LogP contribution in [0.1, 0.15) is 31.8 Å². The molecule has 0 aliphatic rings. The van der Waals surface area contributed by atoms with Gasteiger partial charge >= 0.3 is 5.97 Å². The molecule has 0 aromatic heterocycles. The second-order valence-corrected chi connectivity index (χ2v) is 4.80. The van der Waals surface area contributed by atoms with Crippen LogP contribution in [0.2, 0.25) is 0 Å². The smallest absolute Gasteiger partial charge is 0.341 e. The molecule has 0 heterocycles. The number of carbonyl (C=O) groups excluding carboxylic acids is 2.